The molecule has 1 N–H and O–H groups in total. The second kappa shape index (κ2) is 6.63. The highest BCUT2D eigenvalue weighted by Crippen LogP contribution is 2.28. The van der Waals surface area contributed by atoms with E-state index in [0.29, 0.717) is 19.0 Å². The van der Waals surface area contributed by atoms with E-state index in [-0.39, 0.29) is 17.4 Å². The number of anilines is 1. The lowest BCUT2D eigenvalue weighted by Gasteiger charge is -2.19. The molecular weight excluding hydrogens is 330 g/mol. The Morgan fingerprint density at radius 3 is 2.73 bits per heavy atom. The Labute approximate surface area is 152 Å². The normalized spacial score (nSPS) is 20.2. The predicted octanol–water partition coefficient (Wildman–Crippen LogP) is 1.65. The van der Waals surface area contributed by atoms with Gasteiger partial charge in [0.2, 0.25) is 5.95 Å². The fraction of sp³-hybridized carbons (Fsp3) is 0.526. The number of carbonyl (C=O) groups is 1. The quantitative estimate of drug-likeness (QED) is 0.908. The molecule has 0 radical (unpaired) electrons. The van der Waals surface area contributed by atoms with Gasteiger partial charge in [-0.15, -0.1) is 0 Å². The van der Waals surface area contributed by atoms with Gasteiger partial charge in [-0.05, 0) is 32.3 Å². The minimum absolute atomic E-state index is 0.0650. The van der Waals surface area contributed by atoms with Crippen LogP contribution >= 0.6 is 0 Å². The van der Waals surface area contributed by atoms with Crippen molar-refractivity contribution in [1.29, 1.82) is 0 Å². The molecule has 2 aromatic heterocycles. The van der Waals surface area contributed by atoms with E-state index in [1.807, 2.05) is 35.7 Å². The zero-order valence-corrected chi connectivity index (χ0v) is 15.4. The third kappa shape index (κ3) is 3.02. The first-order chi connectivity index (χ1) is 12.5. The molecule has 2 fully saturated rings. The lowest BCUT2D eigenvalue weighted by atomic mass is 10.0. The van der Waals surface area contributed by atoms with E-state index < -0.39 is 0 Å². The van der Waals surface area contributed by atoms with Gasteiger partial charge in [0.1, 0.15) is 0 Å². The molecule has 0 bridgehead atoms. The summed E-state index contributed by atoms with van der Waals surface area (Å²) in [6.45, 7) is 5.15. The number of H-pyrrole nitrogens is 1. The Kier molecular flexibility index (Phi) is 4.30. The van der Waals surface area contributed by atoms with Crippen LogP contribution in [0.5, 0.6) is 0 Å². The largest absolute Gasteiger partial charge is 0.354 e. The average Bonchev–Trinajstić information content (AvgIpc) is 3.36. The molecule has 0 aliphatic carbocycles. The van der Waals surface area contributed by atoms with E-state index in [1.54, 1.807) is 6.07 Å². The number of nitrogens with zero attached hydrogens (tertiary/aromatic N) is 4. The fourth-order valence-corrected chi connectivity index (χ4v) is 3.94. The van der Waals surface area contributed by atoms with Crippen LogP contribution in [0.1, 0.15) is 46.9 Å². The number of nitrogens with one attached hydrogen (secondary N) is 1. The minimum atomic E-state index is -0.111. The molecule has 2 aliphatic rings. The average molecular weight is 355 g/mol. The van der Waals surface area contributed by atoms with Crippen molar-refractivity contribution in [2.75, 3.05) is 31.1 Å². The molecule has 138 valence electrons. The number of likely N-dealkylation sites (tertiary alicyclic amines) is 1. The fourth-order valence-electron chi connectivity index (χ4n) is 3.94. The first-order valence-corrected chi connectivity index (χ1v) is 9.30. The molecule has 7 nitrogen and oxygen atoms in total. The summed E-state index contributed by atoms with van der Waals surface area (Å²) < 4.78 is 1.96. The lowest BCUT2D eigenvalue weighted by molar-refractivity contribution is 0.0790. The molecule has 1 amide bonds. The minimum Gasteiger partial charge on any atom is -0.354 e. The topological polar surface area (TPSA) is 74.2 Å². The van der Waals surface area contributed by atoms with E-state index in [1.165, 1.54) is 0 Å². The van der Waals surface area contributed by atoms with E-state index in [9.17, 15) is 9.59 Å². The number of aryl methyl sites for hydroxylation is 1. The summed E-state index contributed by atoms with van der Waals surface area (Å²) in [6, 6.07) is 3.47. The molecule has 0 spiro atoms. The highest BCUT2D eigenvalue weighted by Gasteiger charge is 2.30. The van der Waals surface area contributed by atoms with Gasteiger partial charge < -0.3 is 14.4 Å². The summed E-state index contributed by atoms with van der Waals surface area (Å²) in [5.74, 6) is 0.857. The second-order valence-corrected chi connectivity index (χ2v) is 7.35. The molecule has 0 aromatic carbocycles. The van der Waals surface area contributed by atoms with E-state index >= 15 is 0 Å². The van der Waals surface area contributed by atoms with Crippen LogP contribution in [-0.4, -0.2) is 51.5 Å². The first-order valence-electron chi connectivity index (χ1n) is 9.30. The molecule has 1 atom stereocenters. The maximum atomic E-state index is 12.8. The summed E-state index contributed by atoms with van der Waals surface area (Å²) >= 11 is 0. The first kappa shape index (κ1) is 16.9. The number of aromatic amines is 1. The molecule has 2 aliphatic heterocycles. The number of carbonyl (C=O) groups excluding carboxylic acids is 1. The Morgan fingerprint density at radius 1 is 1.27 bits per heavy atom. The summed E-state index contributed by atoms with van der Waals surface area (Å²) in [5, 5.41) is 0. The summed E-state index contributed by atoms with van der Waals surface area (Å²) in [6.07, 6.45) is 5.02. The number of amides is 1. The van der Waals surface area contributed by atoms with E-state index in [2.05, 4.69) is 9.88 Å². The number of hydrogen-bond donors (Lipinski definition) is 1. The molecular formula is C19H25N5O2. The predicted molar refractivity (Wildman–Crippen MR) is 99.7 cm³/mol. The second-order valence-electron chi connectivity index (χ2n) is 7.35. The van der Waals surface area contributed by atoms with Crippen LogP contribution in [0, 0.1) is 6.92 Å². The van der Waals surface area contributed by atoms with E-state index in [0.717, 1.165) is 49.3 Å². The van der Waals surface area contributed by atoms with E-state index in [4.69, 9.17) is 4.98 Å². The van der Waals surface area contributed by atoms with Crippen molar-refractivity contribution >= 4 is 11.9 Å². The van der Waals surface area contributed by atoms with Gasteiger partial charge in [0.25, 0.3) is 11.5 Å². The van der Waals surface area contributed by atoms with Crippen LogP contribution in [0.15, 0.2) is 23.1 Å². The van der Waals surface area contributed by atoms with Crippen molar-refractivity contribution in [3.8, 4) is 0 Å². The molecule has 2 saturated heterocycles. The summed E-state index contributed by atoms with van der Waals surface area (Å²) in [4.78, 5) is 36.5. The SMILES string of the molecule is Cc1c(C(=O)N2CCC(c3cc(=O)[nH]c(N4CCCC4)n3)C2)ccn1C. The van der Waals surface area contributed by atoms with Crippen LogP contribution < -0.4 is 10.5 Å². The van der Waals surface area contributed by atoms with Gasteiger partial charge in [0.15, 0.2) is 0 Å². The van der Waals surface area contributed by atoms with Crippen LogP contribution in [0.4, 0.5) is 5.95 Å². The molecule has 4 rings (SSSR count). The molecule has 7 heteroatoms. The van der Waals surface area contributed by atoms with Crippen molar-refractivity contribution in [3.63, 3.8) is 0 Å². The lowest BCUT2D eigenvalue weighted by Crippen LogP contribution is -2.29. The van der Waals surface area contributed by atoms with Crippen molar-refractivity contribution in [3.05, 3.63) is 45.6 Å². The summed E-state index contributed by atoms with van der Waals surface area (Å²) in [5.41, 5.74) is 2.42. The maximum absolute atomic E-state index is 12.8. The highest BCUT2D eigenvalue weighted by atomic mass is 16.2. The molecule has 4 heterocycles. The van der Waals surface area contributed by atoms with Crippen molar-refractivity contribution in [2.45, 2.75) is 32.1 Å². The number of hydrogen-bond acceptors (Lipinski definition) is 4. The monoisotopic (exact) mass is 355 g/mol. The van der Waals surface area contributed by atoms with Crippen LogP contribution in [0.2, 0.25) is 0 Å². The van der Waals surface area contributed by atoms with Crippen LogP contribution in [0.3, 0.4) is 0 Å². The summed E-state index contributed by atoms with van der Waals surface area (Å²) in [7, 11) is 1.94. The van der Waals surface area contributed by atoms with Crippen LogP contribution in [-0.2, 0) is 7.05 Å². The van der Waals surface area contributed by atoms with Gasteiger partial charge in [-0.3, -0.25) is 14.6 Å². The number of rotatable bonds is 3. The highest BCUT2D eigenvalue weighted by molar-refractivity contribution is 5.95. The molecule has 26 heavy (non-hydrogen) atoms. The standard InChI is InChI=1S/C19H25N5O2/c1-13-15(6-9-22(13)2)18(26)24-10-5-14(12-24)16-11-17(25)21-19(20-16)23-7-3-4-8-23/h6,9,11,14H,3-5,7-8,10,12H2,1-2H3,(H,20,21,25). The van der Waals surface area contributed by atoms with Gasteiger partial charge >= 0.3 is 0 Å². The Hall–Kier alpha value is -2.57. The van der Waals surface area contributed by atoms with Gasteiger partial charge in [-0.1, -0.05) is 0 Å². The smallest absolute Gasteiger partial charge is 0.255 e. The Balaban J connectivity index is 1.52. The van der Waals surface area contributed by atoms with Crippen molar-refractivity contribution in [2.24, 2.45) is 7.05 Å². The van der Waals surface area contributed by atoms with Gasteiger partial charge in [-0.25, -0.2) is 4.98 Å². The van der Waals surface area contributed by atoms with Crippen molar-refractivity contribution in [1.82, 2.24) is 19.4 Å². The van der Waals surface area contributed by atoms with Crippen molar-refractivity contribution < 1.29 is 4.79 Å². The third-order valence-corrected chi connectivity index (χ3v) is 5.66. The number of aromatic nitrogens is 3. The molecule has 1 unspecified atom stereocenters. The zero-order chi connectivity index (χ0) is 18.3. The zero-order valence-electron chi connectivity index (χ0n) is 15.4. The van der Waals surface area contributed by atoms with Gasteiger partial charge in [-0.2, -0.15) is 0 Å². The van der Waals surface area contributed by atoms with Gasteiger partial charge in [0, 0.05) is 57.1 Å². The Morgan fingerprint density at radius 2 is 2.04 bits per heavy atom. The molecule has 0 saturated carbocycles. The third-order valence-electron chi connectivity index (χ3n) is 5.66. The van der Waals surface area contributed by atoms with Gasteiger partial charge in [0.05, 0.1) is 11.3 Å². The Bertz CT molecular complexity index is 878. The maximum Gasteiger partial charge on any atom is 0.255 e. The molecule has 2 aromatic rings. The van der Waals surface area contributed by atoms with Crippen LogP contribution in [0.25, 0.3) is 0 Å².